The summed E-state index contributed by atoms with van der Waals surface area (Å²) < 4.78 is 22.6. The van der Waals surface area contributed by atoms with Gasteiger partial charge >= 0.3 is 0 Å². The fourth-order valence-electron chi connectivity index (χ4n) is 1.85. The summed E-state index contributed by atoms with van der Waals surface area (Å²) in [5, 5.41) is 8.99. The highest BCUT2D eigenvalue weighted by Crippen LogP contribution is 2.14. The summed E-state index contributed by atoms with van der Waals surface area (Å²) in [4.78, 5) is 12.2. The van der Waals surface area contributed by atoms with Gasteiger partial charge in [0.2, 0.25) is 5.91 Å². The molecule has 3 N–H and O–H groups in total. The van der Waals surface area contributed by atoms with Gasteiger partial charge in [-0.15, -0.1) is 0 Å². The summed E-state index contributed by atoms with van der Waals surface area (Å²) in [7, 11) is -3.20. The minimum atomic E-state index is -3.20. The van der Waals surface area contributed by atoms with Crippen molar-refractivity contribution >= 4 is 21.4 Å². The van der Waals surface area contributed by atoms with Crippen LogP contribution < -0.4 is 16.0 Å². The van der Waals surface area contributed by atoms with Crippen LogP contribution in [0.25, 0.3) is 0 Å². The van der Waals surface area contributed by atoms with Crippen molar-refractivity contribution in [3.63, 3.8) is 0 Å². The second-order valence-corrected chi connectivity index (χ2v) is 6.51. The van der Waals surface area contributed by atoms with E-state index in [1.807, 2.05) is 0 Å². The van der Waals surface area contributed by atoms with Gasteiger partial charge in [0.05, 0.1) is 10.9 Å². The SMILES string of the molecule is CS(=O)(=O)c1ccc(NC(=O)C2CNCCN2)cc1. The lowest BCUT2D eigenvalue weighted by Gasteiger charge is -2.23. The van der Waals surface area contributed by atoms with Gasteiger partial charge < -0.3 is 16.0 Å². The first kappa shape index (κ1) is 14.0. The van der Waals surface area contributed by atoms with Crippen molar-refractivity contribution < 1.29 is 13.2 Å². The first-order valence-corrected chi connectivity index (χ1v) is 7.91. The Morgan fingerprint density at radius 1 is 1.26 bits per heavy atom. The minimum Gasteiger partial charge on any atom is -0.325 e. The molecule has 2 rings (SSSR count). The fourth-order valence-corrected chi connectivity index (χ4v) is 2.48. The Morgan fingerprint density at radius 2 is 1.95 bits per heavy atom. The average molecular weight is 283 g/mol. The number of carbonyl (C=O) groups excluding carboxylic acids is 1. The molecule has 1 heterocycles. The summed E-state index contributed by atoms with van der Waals surface area (Å²) in [6.45, 7) is 2.20. The van der Waals surface area contributed by atoms with E-state index in [1.54, 1.807) is 12.1 Å². The zero-order chi connectivity index (χ0) is 13.9. The van der Waals surface area contributed by atoms with Gasteiger partial charge in [-0.2, -0.15) is 0 Å². The molecule has 0 bridgehead atoms. The third-order valence-electron chi connectivity index (χ3n) is 2.91. The van der Waals surface area contributed by atoms with Crippen molar-refractivity contribution in [1.29, 1.82) is 0 Å². The fraction of sp³-hybridized carbons (Fsp3) is 0.417. The van der Waals surface area contributed by atoms with Crippen LogP contribution in [0.3, 0.4) is 0 Å². The number of rotatable bonds is 3. The van der Waals surface area contributed by atoms with Gasteiger partial charge in [0, 0.05) is 31.6 Å². The number of hydrogen-bond donors (Lipinski definition) is 3. The molecule has 1 atom stereocenters. The molecule has 1 fully saturated rings. The number of amides is 1. The van der Waals surface area contributed by atoms with Crippen molar-refractivity contribution in [2.45, 2.75) is 10.9 Å². The maximum atomic E-state index is 11.9. The molecule has 104 valence electrons. The molecule has 7 heteroatoms. The van der Waals surface area contributed by atoms with Crippen LogP contribution in [0, 0.1) is 0 Å². The van der Waals surface area contributed by atoms with Crippen LogP contribution in [-0.4, -0.2) is 46.3 Å². The molecule has 0 radical (unpaired) electrons. The maximum absolute atomic E-state index is 11.9. The Balaban J connectivity index is 2.01. The molecule has 6 nitrogen and oxygen atoms in total. The highest BCUT2D eigenvalue weighted by molar-refractivity contribution is 7.90. The van der Waals surface area contributed by atoms with Crippen LogP contribution in [0.4, 0.5) is 5.69 Å². The van der Waals surface area contributed by atoms with Crippen LogP contribution in [0.15, 0.2) is 29.2 Å². The predicted molar refractivity (Wildman–Crippen MR) is 72.8 cm³/mol. The third-order valence-corrected chi connectivity index (χ3v) is 4.04. The monoisotopic (exact) mass is 283 g/mol. The molecule has 1 aliphatic heterocycles. The molecular formula is C12H17N3O3S. The minimum absolute atomic E-state index is 0.126. The van der Waals surface area contributed by atoms with E-state index in [4.69, 9.17) is 0 Å². The maximum Gasteiger partial charge on any atom is 0.242 e. The van der Waals surface area contributed by atoms with E-state index in [9.17, 15) is 13.2 Å². The number of hydrogen-bond acceptors (Lipinski definition) is 5. The molecule has 1 aliphatic rings. The number of benzene rings is 1. The molecule has 19 heavy (non-hydrogen) atoms. The summed E-state index contributed by atoms with van der Waals surface area (Å²) in [6.07, 6.45) is 1.15. The number of carbonyl (C=O) groups is 1. The van der Waals surface area contributed by atoms with Gasteiger partial charge in [0.1, 0.15) is 0 Å². The summed E-state index contributed by atoms with van der Waals surface area (Å²) in [5.74, 6) is -0.126. The van der Waals surface area contributed by atoms with Crippen molar-refractivity contribution in [2.75, 3.05) is 31.2 Å². The average Bonchev–Trinajstić information content (AvgIpc) is 2.39. The molecule has 1 aromatic rings. The standard InChI is InChI=1S/C12H17N3O3S/c1-19(17,18)10-4-2-9(3-5-10)15-12(16)11-8-13-6-7-14-11/h2-5,11,13-14H,6-8H2,1H3,(H,15,16). The first-order chi connectivity index (χ1) is 8.97. The Morgan fingerprint density at radius 3 is 2.47 bits per heavy atom. The van der Waals surface area contributed by atoms with Crippen LogP contribution >= 0.6 is 0 Å². The molecule has 0 aromatic heterocycles. The number of sulfone groups is 1. The zero-order valence-electron chi connectivity index (χ0n) is 10.6. The largest absolute Gasteiger partial charge is 0.325 e. The van der Waals surface area contributed by atoms with Crippen molar-refractivity contribution in [2.24, 2.45) is 0 Å². The van der Waals surface area contributed by atoms with E-state index < -0.39 is 9.84 Å². The van der Waals surface area contributed by atoms with Gasteiger partial charge in [-0.1, -0.05) is 0 Å². The van der Waals surface area contributed by atoms with E-state index in [0.29, 0.717) is 12.2 Å². The smallest absolute Gasteiger partial charge is 0.242 e. The second kappa shape index (κ2) is 5.68. The molecule has 0 saturated carbocycles. The number of nitrogens with one attached hydrogen (secondary N) is 3. The molecule has 1 unspecified atom stereocenters. The van der Waals surface area contributed by atoms with E-state index in [0.717, 1.165) is 19.3 Å². The summed E-state index contributed by atoms with van der Waals surface area (Å²) in [5.41, 5.74) is 0.588. The lowest BCUT2D eigenvalue weighted by molar-refractivity contribution is -0.118. The van der Waals surface area contributed by atoms with Gasteiger partial charge in [-0.05, 0) is 24.3 Å². The van der Waals surface area contributed by atoms with Gasteiger partial charge in [-0.3, -0.25) is 4.79 Å². The Hall–Kier alpha value is -1.44. The Bertz CT molecular complexity index is 548. The second-order valence-electron chi connectivity index (χ2n) is 4.50. The zero-order valence-corrected chi connectivity index (χ0v) is 11.5. The lowest BCUT2D eigenvalue weighted by atomic mass is 10.2. The summed E-state index contributed by atoms with van der Waals surface area (Å²) in [6, 6.07) is 5.88. The lowest BCUT2D eigenvalue weighted by Crippen LogP contribution is -2.54. The van der Waals surface area contributed by atoms with E-state index in [2.05, 4.69) is 16.0 Å². The van der Waals surface area contributed by atoms with Gasteiger partial charge in [0.25, 0.3) is 0 Å². The molecule has 0 spiro atoms. The van der Waals surface area contributed by atoms with Crippen LogP contribution in [0.1, 0.15) is 0 Å². The quantitative estimate of drug-likeness (QED) is 0.702. The molecule has 1 saturated heterocycles. The molecule has 1 aromatic carbocycles. The highest BCUT2D eigenvalue weighted by Gasteiger charge is 2.20. The van der Waals surface area contributed by atoms with Crippen molar-refractivity contribution in [3.05, 3.63) is 24.3 Å². The van der Waals surface area contributed by atoms with Crippen LogP contribution in [0.2, 0.25) is 0 Å². The van der Waals surface area contributed by atoms with Crippen molar-refractivity contribution in [3.8, 4) is 0 Å². The Labute approximate surface area is 112 Å². The number of piperazine rings is 1. The predicted octanol–water partition coefficient (Wildman–Crippen LogP) is -0.410. The molecular weight excluding hydrogens is 266 g/mol. The van der Waals surface area contributed by atoms with Gasteiger partial charge in [0.15, 0.2) is 9.84 Å². The van der Waals surface area contributed by atoms with Crippen molar-refractivity contribution in [1.82, 2.24) is 10.6 Å². The number of anilines is 1. The molecule has 1 amide bonds. The van der Waals surface area contributed by atoms with E-state index >= 15 is 0 Å². The Kier molecular flexibility index (Phi) is 4.18. The first-order valence-electron chi connectivity index (χ1n) is 6.02. The van der Waals surface area contributed by atoms with Gasteiger partial charge in [-0.25, -0.2) is 8.42 Å². The topological polar surface area (TPSA) is 87.3 Å². The summed E-state index contributed by atoms with van der Waals surface area (Å²) >= 11 is 0. The highest BCUT2D eigenvalue weighted by atomic mass is 32.2. The normalized spacial score (nSPS) is 19.9. The van der Waals surface area contributed by atoms with Crippen LogP contribution in [0.5, 0.6) is 0 Å². The van der Waals surface area contributed by atoms with E-state index in [-0.39, 0.29) is 16.8 Å². The third kappa shape index (κ3) is 3.76. The molecule has 0 aliphatic carbocycles. The van der Waals surface area contributed by atoms with Crippen LogP contribution in [-0.2, 0) is 14.6 Å². The van der Waals surface area contributed by atoms with E-state index in [1.165, 1.54) is 12.1 Å².